The first-order chi connectivity index (χ1) is 11.6. The van der Waals surface area contributed by atoms with E-state index in [4.69, 9.17) is 9.47 Å². The molecule has 0 bridgehead atoms. The Morgan fingerprint density at radius 3 is 2.36 bits per heavy atom. The van der Waals surface area contributed by atoms with Gasteiger partial charge in [0.2, 0.25) is 5.91 Å². The maximum atomic E-state index is 14.0. The molecule has 1 aromatic rings. The predicted molar refractivity (Wildman–Crippen MR) is 84.7 cm³/mol. The fourth-order valence-electron chi connectivity index (χ4n) is 2.32. The fraction of sp³-hybridized carbons (Fsp3) is 0.462. The van der Waals surface area contributed by atoms with E-state index in [1.165, 1.54) is 14.2 Å². The van der Waals surface area contributed by atoms with E-state index in [2.05, 4.69) is 0 Å². The van der Waals surface area contributed by atoms with Crippen molar-refractivity contribution in [1.82, 2.24) is 10.3 Å². The molecule has 1 amide bonds. The van der Waals surface area contributed by atoms with Gasteiger partial charge < -0.3 is 9.47 Å². The van der Waals surface area contributed by atoms with Crippen molar-refractivity contribution in [2.45, 2.75) is 11.3 Å². The van der Waals surface area contributed by atoms with Crippen molar-refractivity contribution >= 4 is 25.8 Å². The van der Waals surface area contributed by atoms with Crippen LogP contribution in [-0.4, -0.2) is 48.5 Å². The highest BCUT2D eigenvalue weighted by Crippen LogP contribution is 2.31. The third kappa shape index (κ3) is 4.38. The van der Waals surface area contributed by atoms with Crippen LogP contribution in [0.25, 0.3) is 0 Å². The molecular weight excluding hydrogens is 379 g/mol. The van der Waals surface area contributed by atoms with E-state index in [9.17, 15) is 26.0 Å². The Labute approximate surface area is 144 Å². The van der Waals surface area contributed by atoms with Gasteiger partial charge in [0.15, 0.2) is 21.3 Å². The second-order valence-electron chi connectivity index (χ2n) is 5.33. The molecule has 1 fully saturated rings. The third-order valence-electron chi connectivity index (χ3n) is 3.64. The first-order valence-corrected chi connectivity index (χ1v) is 10.3. The Bertz CT molecular complexity index is 884. The highest BCUT2D eigenvalue weighted by Gasteiger charge is 2.33. The van der Waals surface area contributed by atoms with Gasteiger partial charge in [-0.05, 0) is 6.42 Å². The summed E-state index contributed by atoms with van der Waals surface area (Å²) in [6, 6.07) is 1.74. The third-order valence-corrected chi connectivity index (χ3v) is 6.67. The zero-order valence-electron chi connectivity index (χ0n) is 13.4. The number of carbonyl (C=O) groups is 1. The summed E-state index contributed by atoms with van der Waals surface area (Å²) in [5.74, 6) is -3.28. The van der Waals surface area contributed by atoms with Gasteiger partial charge in [-0.25, -0.2) is 21.2 Å². The van der Waals surface area contributed by atoms with Gasteiger partial charge in [0.05, 0.1) is 31.6 Å². The van der Waals surface area contributed by atoms with E-state index in [0.29, 0.717) is 0 Å². The average Bonchev–Trinajstić information content (AvgIpc) is 2.92. The number of sulfone groups is 1. The molecule has 1 atom stereocenters. The predicted octanol–water partition coefficient (Wildman–Crippen LogP) is -0.413. The maximum absolute atomic E-state index is 14.0. The van der Waals surface area contributed by atoms with Crippen LogP contribution >= 0.6 is 0 Å². The standard InChI is InChI=1S/C13H17FN2O7S2/c1-22-10-5-9(14)12(6-11(10)23-2)25(20,21)16-15-13(17)8-3-4-24(18,19)7-8/h5-6,8,16H,3-4,7H2,1-2H3,(H,15,17). The first-order valence-electron chi connectivity index (χ1n) is 7.03. The van der Waals surface area contributed by atoms with Crippen LogP contribution in [0.5, 0.6) is 11.5 Å². The summed E-state index contributed by atoms with van der Waals surface area (Å²) in [6.45, 7) is 0. The lowest BCUT2D eigenvalue weighted by atomic mass is 10.1. The SMILES string of the molecule is COc1cc(F)c(S(=O)(=O)NNC(=O)C2CCS(=O)(=O)C2)cc1OC. The Balaban J connectivity index is 2.15. The van der Waals surface area contributed by atoms with Crippen LogP contribution in [0.1, 0.15) is 6.42 Å². The van der Waals surface area contributed by atoms with Gasteiger partial charge in [-0.2, -0.15) is 0 Å². The molecule has 140 valence electrons. The molecule has 1 aliphatic rings. The van der Waals surface area contributed by atoms with Crippen LogP contribution in [-0.2, 0) is 24.7 Å². The zero-order valence-corrected chi connectivity index (χ0v) is 15.0. The van der Waals surface area contributed by atoms with Crippen LogP contribution in [0.15, 0.2) is 17.0 Å². The molecule has 1 heterocycles. The van der Waals surface area contributed by atoms with Crippen molar-refractivity contribution in [3.8, 4) is 11.5 Å². The molecule has 0 radical (unpaired) electrons. The van der Waals surface area contributed by atoms with E-state index >= 15 is 0 Å². The van der Waals surface area contributed by atoms with Gasteiger partial charge >= 0.3 is 0 Å². The van der Waals surface area contributed by atoms with Crippen molar-refractivity contribution in [2.75, 3.05) is 25.7 Å². The molecule has 0 aromatic heterocycles. The molecule has 1 aromatic carbocycles. The highest BCUT2D eigenvalue weighted by atomic mass is 32.2. The molecule has 1 saturated heterocycles. The number of benzene rings is 1. The monoisotopic (exact) mass is 396 g/mol. The number of nitrogens with one attached hydrogen (secondary N) is 2. The Kier molecular flexibility index (Phi) is 5.54. The summed E-state index contributed by atoms with van der Waals surface area (Å²) in [5, 5.41) is 0. The molecule has 1 aliphatic heterocycles. The zero-order chi connectivity index (χ0) is 18.8. The van der Waals surface area contributed by atoms with Crippen LogP contribution in [0.4, 0.5) is 4.39 Å². The molecule has 12 heteroatoms. The molecule has 9 nitrogen and oxygen atoms in total. The number of ether oxygens (including phenoxy) is 2. The van der Waals surface area contributed by atoms with Gasteiger partial charge in [-0.3, -0.25) is 10.2 Å². The molecule has 0 aliphatic carbocycles. The summed E-state index contributed by atoms with van der Waals surface area (Å²) in [5.41, 5.74) is 1.91. The number of hydrogen-bond acceptors (Lipinski definition) is 7. The second-order valence-corrected chi connectivity index (χ2v) is 9.21. The lowest BCUT2D eigenvalue weighted by Gasteiger charge is -2.14. The van der Waals surface area contributed by atoms with E-state index in [1.54, 1.807) is 4.83 Å². The largest absolute Gasteiger partial charge is 0.493 e. The Morgan fingerprint density at radius 1 is 1.24 bits per heavy atom. The molecule has 0 saturated carbocycles. The number of methoxy groups -OCH3 is 2. The number of rotatable bonds is 6. The van der Waals surface area contributed by atoms with E-state index in [-0.39, 0.29) is 29.4 Å². The number of hydrazine groups is 1. The number of carbonyl (C=O) groups excluding carboxylic acids is 1. The van der Waals surface area contributed by atoms with Gasteiger partial charge in [0.25, 0.3) is 10.0 Å². The average molecular weight is 396 g/mol. The lowest BCUT2D eigenvalue weighted by molar-refractivity contribution is -0.124. The van der Waals surface area contributed by atoms with Gasteiger partial charge in [0, 0.05) is 12.1 Å². The molecular formula is C13H17FN2O7S2. The fourth-order valence-corrected chi connectivity index (χ4v) is 4.98. The first kappa shape index (κ1) is 19.4. The summed E-state index contributed by atoms with van der Waals surface area (Å²) in [6.07, 6.45) is 0.0978. The molecule has 1 unspecified atom stereocenters. The van der Waals surface area contributed by atoms with Crippen LogP contribution < -0.4 is 19.7 Å². The van der Waals surface area contributed by atoms with Crippen molar-refractivity contribution in [2.24, 2.45) is 5.92 Å². The quantitative estimate of drug-likeness (QED) is 0.626. The highest BCUT2D eigenvalue weighted by molar-refractivity contribution is 7.91. The second kappa shape index (κ2) is 7.14. The summed E-state index contributed by atoms with van der Waals surface area (Å²) < 4.78 is 70.9. The molecule has 2 N–H and O–H groups in total. The topological polar surface area (TPSA) is 128 Å². The minimum absolute atomic E-state index is 0.000789. The summed E-state index contributed by atoms with van der Waals surface area (Å²) in [7, 11) is -5.23. The Morgan fingerprint density at radius 2 is 1.84 bits per heavy atom. The van der Waals surface area contributed by atoms with Crippen molar-refractivity contribution < 1.29 is 35.5 Å². The minimum Gasteiger partial charge on any atom is -0.493 e. The van der Waals surface area contributed by atoms with Crippen LogP contribution in [0.3, 0.4) is 0 Å². The summed E-state index contributed by atoms with van der Waals surface area (Å²) >= 11 is 0. The molecule has 0 spiro atoms. The Hall–Kier alpha value is -1.92. The van der Waals surface area contributed by atoms with Gasteiger partial charge in [-0.15, -0.1) is 4.83 Å². The van der Waals surface area contributed by atoms with E-state index in [0.717, 1.165) is 12.1 Å². The van der Waals surface area contributed by atoms with E-state index in [1.807, 2.05) is 5.43 Å². The van der Waals surface area contributed by atoms with Crippen molar-refractivity contribution in [3.63, 3.8) is 0 Å². The summed E-state index contributed by atoms with van der Waals surface area (Å²) in [4.78, 5) is 12.9. The van der Waals surface area contributed by atoms with E-state index < -0.39 is 42.4 Å². The lowest BCUT2D eigenvalue weighted by Crippen LogP contribution is -2.45. The number of hydrogen-bond donors (Lipinski definition) is 2. The molecule has 2 rings (SSSR count). The smallest absolute Gasteiger partial charge is 0.260 e. The number of sulfonamides is 1. The van der Waals surface area contributed by atoms with Crippen molar-refractivity contribution in [1.29, 1.82) is 0 Å². The van der Waals surface area contributed by atoms with Crippen molar-refractivity contribution in [3.05, 3.63) is 17.9 Å². The number of halogens is 1. The van der Waals surface area contributed by atoms with Gasteiger partial charge in [-0.1, -0.05) is 0 Å². The molecule has 25 heavy (non-hydrogen) atoms. The van der Waals surface area contributed by atoms with Crippen LogP contribution in [0, 0.1) is 11.7 Å². The maximum Gasteiger partial charge on any atom is 0.260 e. The van der Waals surface area contributed by atoms with Crippen LogP contribution in [0.2, 0.25) is 0 Å². The normalized spacial score (nSPS) is 19.4. The number of amides is 1. The minimum atomic E-state index is -4.44. The van der Waals surface area contributed by atoms with Gasteiger partial charge in [0.1, 0.15) is 10.7 Å².